The van der Waals surface area contributed by atoms with Crippen molar-refractivity contribution >= 4 is 35.3 Å². The molecule has 1 N–H and O–H groups in total. The first-order valence-corrected chi connectivity index (χ1v) is 25.0. The van der Waals surface area contributed by atoms with Crippen LogP contribution in [0.1, 0.15) is 109 Å². The average Bonchev–Trinajstić information content (AvgIpc) is 3.86. The average molecular weight is 969 g/mol. The molecular formula is C58H56N4O10. The first-order chi connectivity index (χ1) is 35.2. The third-order valence-corrected chi connectivity index (χ3v) is 14.8. The minimum absolute atomic E-state index is 0.0392. The number of carbonyl (C=O) groups excluding carboxylic acids is 4. The molecule has 0 unspecified atom stereocenters. The zero-order valence-electron chi connectivity index (χ0n) is 39.9. The highest BCUT2D eigenvalue weighted by Crippen LogP contribution is 2.66. The van der Waals surface area contributed by atoms with Crippen LogP contribution in [-0.4, -0.2) is 76.1 Å². The maximum absolute atomic E-state index is 16.7. The summed E-state index contributed by atoms with van der Waals surface area (Å²) in [6, 6.07) is 33.8. The summed E-state index contributed by atoms with van der Waals surface area (Å²) in [4.78, 5) is 79.3. The van der Waals surface area contributed by atoms with Crippen LogP contribution in [0.3, 0.4) is 0 Å². The number of imide groups is 1. The van der Waals surface area contributed by atoms with E-state index in [4.69, 9.17) is 14.2 Å². The van der Waals surface area contributed by atoms with Crippen molar-refractivity contribution in [3.05, 3.63) is 183 Å². The predicted molar refractivity (Wildman–Crippen MR) is 267 cm³/mol. The first-order valence-electron chi connectivity index (χ1n) is 25.0. The molecule has 14 heteroatoms. The lowest BCUT2D eigenvalue weighted by molar-refractivity contribution is -0.384. The van der Waals surface area contributed by atoms with Gasteiger partial charge >= 0.3 is 12.1 Å². The molecule has 368 valence electrons. The molecule has 1 spiro atoms. The second-order valence-electron chi connectivity index (χ2n) is 19.1. The van der Waals surface area contributed by atoms with Gasteiger partial charge in [0.2, 0.25) is 11.8 Å². The summed E-state index contributed by atoms with van der Waals surface area (Å²) < 4.78 is 18.5. The van der Waals surface area contributed by atoms with E-state index in [1.165, 1.54) is 24.3 Å². The minimum atomic E-state index is -2.00. The maximum Gasteiger partial charge on any atom is 0.421 e. The summed E-state index contributed by atoms with van der Waals surface area (Å²) in [6.45, 7) is 0.317. The highest BCUT2D eigenvalue weighted by atomic mass is 16.6. The predicted octanol–water partition coefficient (Wildman–Crippen LogP) is 9.61. The SMILES string of the molecule is O=C1O[C@H](c2ccccc2)[C@H](c2ccccc2)N2[C@H]1[C@@H](C(=O)N1CCCCCCC1)[C@]1(C(=O)N(C(=O)OCc3ccc([N+](=O)[O-])cc3)c3ccc(C#CC4=CCCCC4)cc31)[C@H]2c1ccc(OCCO)cc1. The number of benzene rings is 5. The molecule has 0 bridgehead atoms. The van der Waals surface area contributed by atoms with Crippen molar-refractivity contribution in [2.45, 2.75) is 94.0 Å². The van der Waals surface area contributed by atoms with Gasteiger partial charge < -0.3 is 24.2 Å². The minimum Gasteiger partial charge on any atom is -0.491 e. The molecule has 6 atom stereocenters. The molecule has 1 aliphatic carbocycles. The Balaban J connectivity index is 1.23. The van der Waals surface area contributed by atoms with Crippen LogP contribution >= 0.6 is 0 Å². The molecule has 14 nitrogen and oxygen atoms in total. The van der Waals surface area contributed by atoms with Gasteiger partial charge in [-0.1, -0.05) is 110 Å². The number of rotatable bonds is 10. The number of aliphatic hydroxyl groups is 1. The highest BCUT2D eigenvalue weighted by Gasteiger charge is 2.76. The molecule has 0 saturated carbocycles. The number of ether oxygens (including phenoxy) is 3. The van der Waals surface area contributed by atoms with Gasteiger partial charge in [0.25, 0.3) is 5.69 Å². The zero-order chi connectivity index (χ0) is 49.8. The molecule has 5 aliphatic rings. The van der Waals surface area contributed by atoms with Crippen molar-refractivity contribution in [3.63, 3.8) is 0 Å². The number of likely N-dealkylation sites (tertiary alicyclic amines) is 1. The fourth-order valence-corrected chi connectivity index (χ4v) is 11.5. The Morgan fingerprint density at radius 1 is 0.778 bits per heavy atom. The van der Waals surface area contributed by atoms with Crippen molar-refractivity contribution in [1.82, 2.24) is 9.80 Å². The number of allylic oxidation sites excluding steroid dienone is 2. The fraction of sp³-hybridized carbons (Fsp3) is 0.345. The Kier molecular flexibility index (Phi) is 14.0. The Labute approximate surface area is 418 Å². The Morgan fingerprint density at radius 2 is 1.47 bits per heavy atom. The van der Waals surface area contributed by atoms with Crippen molar-refractivity contribution in [2.24, 2.45) is 5.92 Å². The maximum atomic E-state index is 16.7. The number of morpholine rings is 1. The van der Waals surface area contributed by atoms with Crippen LogP contribution in [0, 0.1) is 27.9 Å². The molecule has 3 fully saturated rings. The van der Waals surface area contributed by atoms with E-state index in [1.807, 2.05) is 83.8 Å². The van der Waals surface area contributed by atoms with Crippen LogP contribution in [0.2, 0.25) is 0 Å². The summed E-state index contributed by atoms with van der Waals surface area (Å²) in [5.74, 6) is 3.90. The number of nitro benzene ring substituents is 1. The molecule has 5 aromatic carbocycles. The number of esters is 1. The van der Waals surface area contributed by atoms with Crippen molar-refractivity contribution in [2.75, 3.05) is 31.2 Å². The normalized spacial score (nSPS) is 23.9. The van der Waals surface area contributed by atoms with Gasteiger partial charge in [0.05, 0.1) is 35.2 Å². The van der Waals surface area contributed by atoms with Gasteiger partial charge in [-0.15, -0.1) is 0 Å². The van der Waals surface area contributed by atoms with Crippen molar-refractivity contribution < 1.29 is 43.4 Å². The van der Waals surface area contributed by atoms with Crippen LogP contribution in [-0.2, 0) is 35.9 Å². The van der Waals surface area contributed by atoms with Crippen molar-refractivity contribution in [1.29, 1.82) is 0 Å². The quantitative estimate of drug-likeness (QED) is 0.0612. The van der Waals surface area contributed by atoms with Gasteiger partial charge in [-0.2, -0.15) is 0 Å². The van der Waals surface area contributed by atoms with E-state index in [2.05, 4.69) is 17.9 Å². The summed E-state index contributed by atoms with van der Waals surface area (Å²) in [5, 5.41) is 21.1. The number of nitro groups is 1. The van der Waals surface area contributed by atoms with Gasteiger partial charge in [0, 0.05) is 30.8 Å². The number of non-ortho nitro benzene ring substituents is 1. The Bertz CT molecular complexity index is 2930. The van der Waals surface area contributed by atoms with Gasteiger partial charge in [-0.05, 0) is 114 Å². The van der Waals surface area contributed by atoms with E-state index in [9.17, 15) is 20.0 Å². The number of nitrogens with zero attached hydrogens (tertiary/aromatic N) is 4. The van der Waals surface area contributed by atoms with Crippen LogP contribution in [0.4, 0.5) is 16.2 Å². The Morgan fingerprint density at radius 3 is 2.14 bits per heavy atom. The van der Waals surface area contributed by atoms with E-state index in [1.54, 1.807) is 29.2 Å². The number of aliphatic hydroxyl groups excluding tert-OH is 1. The molecule has 10 rings (SSSR count). The van der Waals surface area contributed by atoms with E-state index in [0.29, 0.717) is 46.7 Å². The molecular weight excluding hydrogens is 913 g/mol. The molecule has 0 aromatic heterocycles. The topological polar surface area (TPSA) is 169 Å². The Hall–Kier alpha value is -7.60. The van der Waals surface area contributed by atoms with E-state index in [0.717, 1.165) is 73.8 Å². The van der Waals surface area contributed by atoms with Gasteiger partial charge in [0.15, 0.2) is 0 Å². The number of carbonyl (C=O) groups is 4. The second-order valence-corrected chi connectivity index (χ2v) is 19.1. The molecule has 5 aromatic rings. The standard InChI is InChI=1S/C58H56N4O10/c63-35-36-70-46-30-26-44(27-31-46)53-58(47-37-40(22-21-39-15-7-4-8-16-39)25-32-48(47)60(56(58)66)57(67)71-38-41-23-28-45(29-24-41)62(68)69)49(54(64)59-33-13-2-1-3-14-34-59)51-55(65)72-52(43-19-11-6-12-20-43)50(61(51)53)42-17-9-5-10-18-42/h5-6,9-12,15,17-20,23-32,37,49-53,63H,1-4,7-8,13-14,16,33-36,38H2/t49-,50-,51-,52+,53+,58-/m0/s1. The van der Waals surface area contributed by atoms with E-state index < -0.39 is 64.4 Å². The number of amides is 3. The van der Waals surface area contributed by atoms with Crippen LogP contribution in [0.25, 0.3) is 0 Å². The molecule has 0 radical (unpaired) electrons. The van der Waals surface area contributed by atoms with Crippen LogP contribution in [0.15, 0.2) is 139 Å². The summed E-state index contributed by atoms with van der Waals surface area (Å²) in [6.07, 6.45) is 8.39. The molecule has 4 aliphatic heterocycles. The highest BCUT2D eigenvalue weighted by molar-refractivity contribution is 6.23. The molecule has 4 heterocycles. The summed E-state index contributed by atoms with van der Waals surface area (Å²) in [7, 11) is 0. The number of hydrogen-bond acceptors (Lipinski definition) is 11. The lowest BCUT2D eigenvalue weighted by atomic mass is 9.64. The van der Waals surface area contributed by atoms with Crippen molar-refractivity contribution in [3.8, 4) is 17.6 Å². The summed E-state index contributed by atoms with van der Waals surface area (Å²) in [5.41, 5.74) is 2.43. The lowest BCUT2D eigenvalue weighted by Crippen LogP contribution is -2.56. The smallest absolute Gasteiger partial charge is 0.421 e. The molecule has 3 amide bonds. The van der Waals surface area contributed by atoms with Gasteiger partial charge in [0.1, 0.15) is 36.5 Å². The zero-order valence-corrected chi connectivity index (χ0v) is 39.9. The second kappa shape index (κ2) is 21.0. The van der Waals surface area contributed by atoms with Crippen LogP contribution < -0.4 is 9.64 Å². The van der Waals surface area contributed by atoms with E-state index in [-0.39, 0.29) is 31.2 Å². The van der Waals surface area contributed by atoms with E-state index >= 15 is 14.4 Å². The number of hydrogen-bond donors (Lipinski definition) is 1. The molecule has 3 saturated heterocycles. The lowest BCUT2D eigenvalue weighted by Gasteiger charge is -2.46. The third-order valence-electron chi connectivity index (χ3n) is 14.8. The monoisotopic (exact) mass is 968 g/mol. The number of fused-ring (bicyclic) bond motifs is 3. The summed E-state index contributed by atoms with van der Waals surface area (Å²) >= 11 is 0. The number of cyclic esters (lactones) is 1. The van der Waals surface area contributed by atoms with Gasteiger partial charge in [-0.25, -0.2) is 9.69 Å². The largest absolute Gasteiger partial charge is 0.491 e. The third kappa shape index (κ3) is 9.03. The molecule has 72 heavy (non-hydrogen) atoms. The number of anilines is 1. The first kappa shape index (κ1) is 48.0. The fourth-order valence-electron chi connectivity index (χ4n) is 11.5. The van der Waals surface area contributed by atoms with Gasteiger partial charge in [-0.3, -0.25) is 29.4 Å². The van der Waals surface area contributed by atoms with Crippen LogP contribution in [0.5, 0.6) is 5.75 Å².